The molecule has 0 N–H and O–H groups in total. The number of hydroxylamine groups is 2. The number of carboxylic acids is 1. The van der Waals surface area contributed by atoms with Gasteiger partial charge in [0.25, 0.3) is 0 Å². The molecule has 9 heteroatoms. The Morgan fingerprint density at radius 2 is 1.61 bits per heavy atom. The molecule has 0 aliphatic rings. The van der Waals surface area contributed by atoms with E-state index in [1.54, 1.807) is 27.7 Å². The van der Waals surface area contributed by atoms with E-state index in [0.29, 0.717) is 0 Å². The van der Waals surface area contributed by atoms with Crippen molar-refractivity contribution < 1.29 is 57.9 Å². The van der Waals surface area contributed by atoms with E-state index in [-0.39, 0.29) is 49.2 Å². The molecule has 0 aromatic heterocycles. The van der Waals surface area contributed by atoms with E-state index < -0.39 is 31.0 Å². The summed E-state index contributed by atoms with van der Waals surface area (Å²) in [6.07, 6.45) is -0.895. The summed E-state index contributed by atoms with van der Waals surface area (Å²) in [5.41, 5.74) is -0.605. The number of hydrogen-bond donors (Lipinski definition) is 0. The molecular formula is C14H29NNaO6P. The number of nitrogens with zero attached hydrogens (tertiary/aromatic N) is 1. The minimum Gasteiger partial charge on any atom is -0.547 e. The topological polar surface area (TPSA) is 88.1 Å². The summed E-state index contributed by atoms with van der Waals surface area (Å²) in [5, 5.41) is 12.5. The largest absolute Gasteiger partial charge is 1.00 e. The first kappa shape index (κ1) is 25.8. The summed E-state index contributed by atoms with van der Waals surface area (Å²) in [7, 11) is -3.47. The van der Waals surface area contributed by atoms with Gasteiger partial charge in [0.2, 0.25) is 0 Å². The van der Waals surface area contributed by atoms with Crippen LogP contribution in [-0.4, -0.2) is 41.7 Å². The summed E-state index contributed by atoms with van der Waals surface area (Å²) >= 11 is 0. The van der Waals surface area contributed by atoms with Gasteiger partial charge in [-0.2, -0.15) is 5.06 Å². The fourth-order valence-electron chi connectivity index (χ4n) is 1.97. The maximum absolute atomic E-state index is 12.9. The fraction of sp³-hybridized carbons (Fsp3) is 0.929. The summed E-state index contributed by atoms with van der Waals surface area (Å²) < 4.78 is 23.6. The number of carboxylic acid groups (broad SMARTS) is 1. The molecule has 0 saturated carbocycles. The summed E-state index contributed by atoms with van der Waals surface area (Å²) in [6, 6.07) is 0. The predicted molar refractivity (Wildman–Crippen MR) is 82.1 cm³/mol. The van der Waals surface area contributed by atoms with Crippen molar-refractivity contribution in [2.75, 3.05) is 13.2 Å². The molecule has 0 bridgehead atoms. The van der Waals surface area contributed by atoms with Crippen LogP contribution in [0.1, 0.15) is 54.9 Å². The summed E-state index contributed by atoms with van der Waals surface area (Å²) in [5.74, 6) is -2.08. The van der Waals surface area contributed by atoms with Gasteiger partial charge in [0.05, 0.1) is 19.2 Å². The molecular weight excluding hydrogens is 332 g/mol. The van der Waals surface area contributed by atoms with Crippen LogP contribution in [0.15, 0.2) is 0 Å². The van der Waals surface area contributed by atoms with E-state index in [0.717, 1.165) is 0 Å². The first-order valence-corrected chi connectivity index (χ1v) is 9.20. The molecule has 0 aliphatic carbocycles. The number of rotatable bonds is 10. The fourth-order valence-corrected chi connectivity index (χ4v) is 3.85. The van der Waals surface area contributed by atoms with Gasteiger partial charge >= 0.3 is 37.2 Å². The molecule has 0 aromatic rings. The third kappa shape index (κ3) is 7.97. The van der Waals surface area contributed by atoms with E-state index in [4.69, 9.17) is 13.9 Å². The average Bonchev–Trinajstić information content (AvgIpc) is 2.37. The molecule has 0 spiro atoms. The van der Waals surface area contributed by atoms with Crippen LogP contribution in [0, 0.1) is 0 Å². The maximum Gasteiger partial charge on any atom is 1.00 e. The van der Waals surface area contributed by atoms with Crippen LogP contribution >= 0.6 is 7.60 Å². The Labute approximate surface area is 161 Å². The van der Waals surface area contributed by atoms with E-state index in [2.05, 4.69) is 0 Å². The molecule has 0 aliphatic heterocycles. The molecule has 0 amide bonds. The van der Waals surface area contributed by atoms with Crippen molar-refractivity contribution in [3.05, 3.63) is 0 Å². The van der Waals surface area contributed by atoms with Crippen molar-refractivity contribution in [2.24, 2.45) is 0 Å². The third-order valence-corrected chi connectivity index (χ3v) is 5.31. The number of aliphatic carboxylic acids is 1. The van der Waals surface area contributed by atoms with Gasteiger partial charge < -0.3 is 18.9 Å². The van der Waals surface area contributed by atoms with Gasteiger partial charge in [0.1, 0.15) is 11.9 Å². The van der Waals surface area contributed by atoms with Gasteiger partial charge in [0, 0.05) is 5.54 Å². The number of hydrogen-bond acceptors (Lipinski definition) is 7. The van der Waals surface area contributed by atoms with Crippen molar-refractivity contribution in [2.45, 2.75) is 72.3 Å². The van der Waals surface area contributed by atoms with Gasteiger partial charge in [-0.15, -0.1) is 0 Å². The molecule has 132 valence electrons. The van der Waals surface area contributed by atoms with Gasteiger partial charge in [-0.3, -0.25) is 9.40 Å². The van der Waals surface area contributed by atoms with Gasteiger partial charge in [-0.05, 0) is 48.0 Å². The molecule has 7 nitrogen and oxygen atoms in total. The Kier molecular flexibility index (Phi) is 12.6. The van der Waals surface area contributed by atoms with E-state index in [9.17, 15) is 14.5 Å². The molecule has 0 fully saturated rings. The summed E-state index contributed by atoms with van der Waals surface area (Å²) in [4.78, 5) is 16.7. The zero-order valence-electron chi connectivity index (χ0n) is 15.6. The quantitative estimate of drug-likeness (QED) is 0.285. The SMILES string of the molecule is CCOP(=O)(OCC)C(C)N(OC(CC)C(=O)[O-])C(C)(C)C.[Na+]. The Morgan fingerprint density at radius 3 is 1.87 bits per heavy atom. The second-order valence-corrected chi connectivity index (χ2v) is 8.17. The maximum atomic E-state index is 12.9. The molecule has 0 saturated heterocycles. The zero-order valence-corrected chi connectivity index (χ0v) is 18.5. The van der Waals surface area contributed by atoms with Crippen molar-refractivity contribution in [1.82, 2.24) is 5.06 Å². The third-order valence-electron chi connectivity index (χ3n) is 2.95. The Bertz CT molecular complexity index is 391. The van der Waals surface area contributed by atoms with Crippen molar-refractivity contribution in [3.63, 3.8) is 0 Å². The first-order valence-electron chi connectivity index (χ1n) is 7.59. The molecule has 2 unspecified atom stereocenters. The van der Waals surface area contributed by atoms with Gasteiger partial charge in [0.15, 0.2) is 0 Å². The minimum atomic E-state index is -3.47. The molecule has 0 heterocycles. The molecule has 0 radical (unpaired) electrons. The normalized spacial score (nSPS) is 15.1. The number of carbonyl (C=O) groups is 1. The summed E-state index contributed by atoms with van der Waals surface area (Å²) in [6.45, 7) is 12.7. The monoisotopic (exact) mass is 361 g/mol. The van der Waals surface area contributed by atoms with Crippen LogP contribution in [0.2, 0.25) is 0 Å². The van der Waals surface area contributed by atoms with Crippen LogP contribution < -0.4 is 34.7 Å². The molecule has 23 heavy (non-hydrogen) atoms. The first-order chi connectivity index (χ1) is 10.0. The molecule has 2 atom stereocenters. The van der Waals surface area contributed by atoms with E-state index in [1.807, 2.05) is 20.8 Å². The predicted octanol–water partition coefficient (Wildman–Crippen LogP) is -0.837. The van der Waals surface area contributed by atoms with E-state index >= 15 is 0 Å². The Hall–Kier alpha value is 0.540. The van der Waals surface area contributed by atoms with Crippen LogP contribution in [0.25, 0.3) is 0 Å². The molecule has 0 rings (SSSR count). The Balaban J connectivity index is 0. The van der Waals surface area contributed by atoms with Gasteiger partial charge in [-0.25, -0.2) is 0 Å². The van der Waals surface area contributed by atoms with Crippen LogP contribution in [-0.2, 0) is 23.2 Å². The Morgan fingerprint density at radius 1 is 1.17 bits per heavy atom. The van der Waals surface area contributed by atoms with Crippen LogP contribution in [0.5, 0.6) is 0 Å². The van der Waals surface area contributed by atoms with Crippen LogP contribution in [0.3, 0.4) is 0 Å². The van der Waals surface area contributed by atoms with Crippen molar-refractivity contribution in [3.8, 4) is 0 Å². The smallest absolute Gasteiger partial charge is 0.547 e. The van der Waals surface area contributed by atoms with E-state index in [1.165, 1.54) is 5.06 Å². The van der Waals surface area contributed by atoms with Crippen LogP contribution in [0.4, 0.5) is 0 Å². The second-order valence-electron chi connectivity index (χ2n) is 5.83. The molecule has 0 aromatic carbocycles. The average molecular weight is 361 g/mol. The van der Waals surface area contributed by atoms with Crippen molar-refractivity contribution in [1.29, 1.82) is 0 Å². The second kappa shape index (κ2) is 11.2. The standard InChI is InChI=1S/C14H30NO6P.Na/c1-8-12(13(16)17)21-15(14(5,6)7)11(4)22(18,19-9-2)20-10-3;/h11-12H,8-10H2,1-7H3,(H,16,17);/q;+1/p-1. The zero-order chi connectivity index (χ0) is 17.6. The van der Waals surface area contributed by atoms with Gasteiger partial charge in [-0.1, -0.05) is 6.92 Å². The number of carbonyl (C=O) groups excluding carboxylic acids is 1. The van der Waals surface area contributed by atoms with Crippen molar-refractivity contribution >= 4 is 13.6 Å². The minimum absolute atomic E-state index is 0.